The number of nitrogens with zero attached hydrogens (tertiary/aromatic N) is 2. The summed E-state index contributed by atoms with van der Waals surface area (Å²) in [6.45, 7) is 2.57. The predicted octanol–water partition coefficient (Wildman–Crippen LogP) is -0.160. The first-order valence-corrected chi connectivity index (χ1v) is 8.11. The van der Waals surface area contributed by atoms with Crippen LogP contribution in [0.4, 0.5) is 0 Å². The molecule has 0 aliphatic heterocycles. The van der Waals surface area contributed by atoms with Gasteiger partial charge in [0.1, 0.15) is 18.1 Å². The molecule has 3 aromatic rings. The molecule has 1 aromatic heterocycles. The number of hydrogen-bond acceptors (Lipinski definition) is 4. The van der Waals surface area contributed by atoms with E-state index in [2.05, 4.69) is 5.10 Å². The van der Waals surface area contributed by atoms with E-state index in [4.69, 9.17) is 16.3 Å². The molecule has 0 amide bonds. The first-order valence-electron chi connectivity index (χ1n) is 7.74. The van der Waals surface area contributed by atoms with E-state index in [0.717, 1.165) is 11.1 Å². The fourth-order valence-corrected chi connectivity index (χ4v) is 2.67. The maximum atomic E-state index is 11.0. The molecule has 0 aliphatic carbocycles. The molecule has 0 N–H and O–H groups in total. The van der Waals surface area contributed by atoms with Crippen LogP contribution in [0.25, 0.3) is 0 Å². The number of aromatic carboxylic acids is 1. The Kier molecular flexibility index (Phi) is 7.29. The molecule has 26 heavy (non-hydrogen) atoms. The molecule has 7 heteroatoms. The van der Waals surface area contributed by atoms with Crippen molar-refractivity contribution in [2.24, 2.45) is 0 Å². The fourth-order valence-electron chi connectivity index (χ4n) is 2.48. The first-order chi connectivity index (χ1) is 12.0. The van der Waals surface area contributed by atoms with Gasteiger partial charge >= 0.3 is 29.6 Å². The van der Waals surface area contributed by atoms with E-state index >= 15 is 0 Å². The van der Waals surface area contributed by atoms with Crippen LogP contribution in [-0.2, 0) is 13.2 Å². The molecule has 0 saturated heterocycles. The van der Waals surface area contributed by atoms with Crippen LogP contribution in [0.3, 0.4) is 0 Å². The monoisotopic (exact) mass is 378 g/mol. The predicted molar refractivity (Wildman–Crippen MR) is 92.6 cm³/mol. The van der Waals surface area contributed by atoms with E-state index in [-0.39, 0.29) is 35.3 Å². The van der Waals surface area contributed by atoms with E-state index in [9.17, 15) is 9.90 Å². The second-order valence-corrected chi connectivity index (χ2v) is 6.08. The summed E-state index contributed by atoms with van der Waals surface area (Å²) >= 11 is 6.11. The molecule has 0 saturated carbocycles. The largest absolute Gasteiger partial charge is 1.00 e. The van der Waals surface area contributed by atoms with Gasteiger partial charge in [0, 0.05) is 16.3 Å². The van der Waals surface area contributed by atoms with Gasteiger partial charge in [-0.15, -0.1) is 0 Å². The number of carbonyl (C=O) groups is 1. The Morgan fingerprint density at radius 1 is 1.19 bits per heavy atom. The van der Waals surface area contributed by atoms with Crippen LogP contribution in [0, 0.1) is 6.92 Å². The molecule has 0 unspecified atom stereocenters. The molecule has 0 atom stereocenters. The van der Waals surface area contributed by atoms with Crippen molar-refractivity contribution in [3.8, 4) is 5.75 Å². The molecule has 0 spiro atoms. The molecule has 0 radical (unpaired) electrons. The molecular weight excluding hydrogens is 363 g/mol. The Morgan fingerprint density at radius 3 is 2.58 bits per heavy atom. The minimum atomic E-state index is -1.30. The summed E-state index contributed by atoms with van der Waals surface area (Å²) in [5, 5.41) is 15.6. The van der Waals surface area contributed by atoms with Gasteiger partial charge in [-0.3, -0.25) is 4.68 Å². The normalized spacial score (nSPS) is 10.2. The van der Waals surface area contributed by atoms with Crippen molar-refractivity contribution in [1.29, 1.82) is 0 Å². The van der Waals surface area contributed by atoms with E-state index < -0.39 is 5.97 Å². The zero-order valence-electron chi connectivity index (χ0n) is 14.6. The van der Waals surface area contributed by atoms with Crippen LogP contribution in [-0.4, -0.2) is 15.7 Å². The summed E-state index contributed by atoms with van der Waals surface area (Å²) in [5.41, 5.74) is 2.50. The molecule has 1 heterocycles. The van der Waals surface area contributed by atoms with Crippen molar-refractivity contribution in [3.05, 3.63) is 82.1 Å². The van der Waals surface area contributed by atoms with Crippen molar-refractivity contribution in [2.45, 2.75) is 20.1 Å². The second-order valence-electron chi connectivity index (χ2n) is 5.64. The Morgan fingerprint density at radius 2 is 1.92 bits per heavy atom. The van der Waals surface area contributed by atoms with Gasteiger partial charge in [0.2, 0.25) is 0 Å². The Balaban J connectivity index is 0.00000243. The summed E-state index contributed by atoms with van der Waals surface area (Å²) in [6, 6.07) is 16.7. The van der Waals surface area contributed by atoms with E-state index in [0.29, 0.717) is 29.6 Å². The van der Waals surface area contributed by atoms with Crippen LogP contribution < -0.4 is 39.4 Å². The average Bonchev–Trinajstić information content (AvgIpc) is 2.96. The number of carbonyl (C=O) groups excluding carboxylic acids is 1. The van der Waals surface area contributed by atoms with Crippen LogP contribution in [0.5, 0.6) is 5.75 Å². The minimum absolute atomic E-state index is 0. The summed E-state index contributed by atoms with van der Waals surface area (Å²) in [7, 11) is 0. The zero-order chi connectivity index (χ0) is 17.8. The third kappa shape index (κ3) is 5.11. The van der Waals surface area contributed by atoms with Gasteiger partial charge in [-0.2, -0.15) is 5.10 Å². The summed E-state index contributed by atoms with van der Waals surface area (Å²) in [4.78, 5) is 11.0. The van der Waals surface area contributed by atoms with Crippen LogP contribution in [0.1, 0.15) is 27.3 Å². The maximum absolute atomic E-state index is 11.0. The van der Waals surface area contributed by atoms with Crippen LogP contribution >= 0.6 is 11.6 Å². The van der Waals surface area contributed by atoms with Crippen molar-refractivity contribution in [2.75, 3.05) is 0 Å². The molecule has 0 fully saturated rings. The minimum Gasteiger partial charge on any atom is -0.543 e. The molecule has 2 aromatic carbocycles. The Labute approximate surface area is 178 Å². The van der Waals surface area contributed by atoms with Crippen molar-refractivity contribution in [3.63, 3.8) is 0 Å². The Hall–Kier alpha value is -1.79. The quantitative estimate of drug-likeness (QED) is 0.559. The molecule has 0 aliphatic rings. The number of halogens is 1. The second kappa shape index (κ2) is 9.24. The van der Waals surface area contributed by atoms with Crippen LogP contribution in [0.15, 0.2) is 54.6 Å². The number of ether oxygens (including phenoxy) is 1. The SMILES string of the molecule is Cc1cc(C(=O)[O-])nn1Cc1cc(Cl)ccc1OCc1ccccc1.[Na+]. The number of hydrogen-bond donors (Lipinski definition) is 0. The number of carboxylic acid groups (broad SMARTS) is 1. The smallest absolute Gasteiger partial charge is 0.543 e. The number of rotatable bonds is 6. The van der Waals surface area contributed by atoms with Gasteiger partial charge in [0.15, 0.2) is 0 Å². The molecular formula is C19H16ClN2NaO3. The maximum Gasteiger partial charge on any atom is 1.00 e. The van der Waals surface area contributed by atoms with Gasteiger partial charge in [-0.05, 0) is 36.8 Å². The number of aromatic nitrogens is 2. The average molecular weight is 379 g/mol. The Bertz CT molecular complexity index is 897. The third-order valence-electron chi connectivity index (χ3n) is 3.77. The van der Waals surface area contributed by atoms with Crippen molar-refractivity contribution in [1.82, 2.24) is 9.78 Å². The number of aryl methyl sites for hydroxylation is 1. The molecule has 5 nitrogen and oxygen atoms in total. The van der Waals surface area contributed by atoms with Gasteiger partial charge < -0.3 is 14.6 Å². The summed E-state index contributed by atoms with van der Waals surface area (Å²) in [6.07, 6.45) is 0. The van der Waals surface area contributed by atoms with Gasteiger partial charge in [-0.25, -0.2) is 0 Å². The van der Waals surface area contributed by atoms with Crippen molar-refractivity contribution >= 4 is 17.6 Å². The summed E-state index contributed by atoms with van der Waals surface area (Å²) in [5.74, 6) is -0.619. The zero-order valence-corrected chi connectivity index (χ0v) is 17.4. The van der Waals surface area contributed by atoms with Gasteiger partial charge in [0.25, 0.3) is 0 Å². The molecule has 128 valence electrons. The van der Waals surface area contributed by atoms with E-state index in [1.54, 1.807) is 29.8 Å². The standard InChI is InChI=1S/C19H17ClN2O3.Na/c1-13-9-17(19(23)24)21-22(13)11-15-10-16(20)7-8-18(15)25-12-14-5-3-2-4-6-14;/h2-10H,11-12H2,1H3,(H,23,24);/q;+1/p-1. The van der Waals surface area contributed by atoms with Gasteiger partial charge in [0.05, 0.1) is 12.5 Å². The van der Waals surface area contributed by atoms with E-state index in [1.165, 1.54) is 6.07 Å². The van der Waals surface area contributed by atoms with Crippen molar-refractivity contribution < 1.29 is 44.2 Å². The van der Waals surface area contributed by atoms with E-state index in [1.807, 2.05) is 30.3 Å². The third-order valence-corrected chi connectivity index (χ3v) is 4.01. The molecule has 0 bridgehead atoms. The first kappa shape index (κ1) is 20.5. The number of carboxylic acids is 1. The molecule has 3 rings (SSSR count). The fraction of sp³-hybridized carbons (Fsp3) is 0.158. The number of benzene rings is 2. The topological polar surface area (TPSA) is 67.2 Å². The van der Waals surface area contributed by atoms with Gasteiger partial charge in [-0.1, -0.05) is 41.9 Å². The summed E-state index contributed by atoms with van der Waals surface area (Å²) < 4.78 is 7.51. The van der Waals surface area contributed by atoms with Crippen LogP contribution in [0.2, 0.25) is 5.02 Å².